The maximum absolute atomic E-state index is 12.7. The lowest BCUT2D eigenvalue weighted by Gasteiger charge is -2.32. The molecule has 0 saturated heterocycles. The lowest BCUT2D eigenvalue weighted by molar-refractivity contribution is -0.372. The maximum Gasteiger partial charge on any atom is 0.426 e. The van der Waals surface area contributed by atoms with Crippen LogP contribution in [0.25, 0.3) is 0 Å². The average molecular weight is 606 g/mol. The minimum atomic E-state index is -6.13. The molecule has 0 saturated carbocycles. The van der Waals surface area contributed by atoms with Crippen LogP contribution in [0.15, 0.2) is 23.1 Å². The van der Waals surface area contributed by atoms with E-state index in [0.717, 1.165) is 6.07 Å². The van der Waals surface area contributed by atoms with Gasteiger partial charge in [-0.1, -0.05) is 6.07 Å². The van der Waals surface area contributed by atoms with E-state index in [1.807, 2.05) is 0 Å². The van der Waals surface area contributed by atoms with Crippen LogP contribution < -0.4 is 0 Å². The Morgan fingerprint density at radius 3 is 1.13 bits per heavy atom. The van der Waals surface area contributed by atoms with Gasteiger partial charge in [0.05, 0.1) is 31.3 Å². The largest absolute Gasteiger partial charge is 0.426 e. The second-order valence-electron chi connectivity index (χ2n) is 7.78. The number of aliphatic hydroxyl groups is 2. The molecule has 0 aliphatic heterocycles. The molecule has 0 fully saturated rings. The molecular weight excluding hydrogens is 588 g/mol. The van der Waals surface area contributed by atoms with Crippen LogP contribution in [0.2, 0.25) is 0 Å². The lowest BCUT2D eigenvalue weighted by atomic mass is 9.99. The topological polar surface area (TPSA) is 113 Å². The van der Waals surface area contributed by atoms with Crippen molar-refractivity contribution in [2.24, 2.45) is 0 Å². The highest BCUT2D eigenvalue weighted by atomic mass is 32.2. The first-order valence-electron chi connectivity index (χ1n) is 9.74. The summed E-state index contributed by atoms with van der Waals surface area (Å²) in [4.78, 5) is -0.943. The van der Waals surface area contributed by atoms with Gasteiger partial charge >= 0.3 is 24.7 Å². The number of benzene rings is 1. The van der Waals surface area contributed by atoms with E-state index in [9.17, 15) is 65.7 Å². The summed E-state index contributed by atoms with van der Waals surface area (Å²) in [6, 6.07) is 2.18. The minimum absolute atomic E-state index is 0.344. The zero-order valence-electron chi connectivity index (χ0n) is 18.4. The first-order chi connectivity index (χ1) is 16.8. The van der Waals surface area contributed by atoms with Crippen molar-refractivity contribution in [3.05, 3.63) is 29.3 Å². The summed E-state index contributed by atoms with van der Waals surface area (Å²) in [6.45, 7) is -4.57. The summed E-state index contributed by atoms with van der Waals surface area (Å²) < 4.78 is 193. The molecule has 0 heterocycles. The summed E-state index contributed by atoms with van der Waals surface area (Å²) in [5, 5.41) is 18.1. The molecule has 1 aromatic rings. The van der Waals surface area contributed by atoms with Crippen LogP contribution >= 0.6 is 0 Å². The van der Waals surface area contributed by atoms with E-state index in [1.54, 1.807) is 0 Å². The molecule has 0 aromatic heterocycles. The fourth-order valence-corrected chi connectivity index (χ4v) is 3.35. The van der Waals surface area contributed by atoms with Gasteiger partial charge < -0.3 is 19.7 Å². The molecule has 222 valence electrons. The summed E-state index contributed by atoms with van der Waals surface area (Å²) in [5.74, 6) is 0. The molecule has 0 amide bonds. The van der Waals surface area contributed by atoms with Gasteiger partial charge in [0, 0.05) is 12.8 Å². The second kappa shape index (κ2) is 11.3. The van der Waals surface area contributed by atoms with Crippen molar-refractivity contribution in [1.29, 1.82) is 0 Å². The second-order valence-corrected chi connectivity index (χ2v) is 9.20. The van der Waals surface area contributed by atoms with Crippen molar-refractivity contribution in [2.75, 3.05) is 13.2 Å². The molecular formula is C18H18F12O7S. The molecule has 0 aliphatic rings. The van der Waals surface area contributed by atoms with Crippen LogP contribution in [0.3, 0.4) is 0 Å². The Balaban J connectivity index is 2.97. The minimum Gasteiger partial charge on any atom is -0.377 e. The Labute approximate surface area is 205 Å². The Hall–Kier alpha value is -1.87. The number of hydrogen-bond acceptors (Lipinski definition) is 6. The highest BCUT2D eigenvalue weighted by Gasteiger charge is 2.70. The predicted molar refractivity (Wildman–Crippen MR) is 98.9 cm³/mol. The zero-order chi connectivity index (χ0) is 30.0. The zero-order valence-corrected chi connectivity index (χ0v) is 19.2. The molecule has 0 atom stereocenters. The molecule has 38 heavy (non-hydrogen) atoms. The van der Waals surface area contributed by atoms with Crippen LogP contribution in [-0.4, -0.2) is 72.3 Å². The van der Waals surface area contributed by atoms with Gasteiger partial charge in [0.15, 0.2) is 0 Å². The molecule has 3 N–H and O–H groups in total. The Kier molecular flexibility index (Phi) is 10.2. The quantitative estimate of drug-likeness (QED) is 0.194. The van der Waals surface area contributed by atoms with Crippen molar-refractivity contribution < 1.29 is 85.3 Å². The van der Waals surface area contributed by atoms with Crippen LogP contribution in [0.1, 0.15) is 24.0 Å². The SMILES string of the molecule is O=S(=O)(O)c1cc(COCCC(O)(C(F)(F)F)C(F)(F)F)cc(COCCC(O)(C(F)(F)F)C(F)(F)F)c1. The molecule has 0 unspecified atom stereocenters. The van der Waals surface area contributed by atoms with Gasteiger partial charge in [-0.15, -0.1) is 0 Å². The van der Waals surface area contributed by atoms with Gasteiger partial charge in [0.2, 0.25) is 0 Å². The molecule has 1 rings (SSSR count). The third-order valence-electron chi connectivity index (χ3n) is 4.95. The molecule has 20 heteroatoms. The van der Waals surface area contributed by atoms with E-state index < -0.39 is 90.2 Å². The van der Waals surface area contributed by atoms with Gasteiger partial charge in [-0.3, -0.25) is 4.55 Å². The maximum atomic E-state index is 12.7. The summed E-state index contributed by atoms with van der Waals surface area (Å²) in [6.07, 6.45) is -28.6. The van der Waals surface area contributed by atoms with E-state index in [1.165, 1.54) is 0 Å². The molecule has 7 nitrogen and oxygen atoms in total. The molecule has 0 radical (unpaired) electrons. The third-order valence-corrected chi connectivity index (χ3v) is 5.79. The van der Waals surface area contributed by atoms with E-state index in [4.69, 9.17) is 10.2 Å². The fourth-order valence-electron chi connectivity index (χ4n) is 2.75. The monoisotopic (exact) mass is 606 g/mol. The normalized spacial score (nSPS) is 14.7. The standard InChI is InChI=1S/C18H18F12O7S/c19-15(20,21)13(31,16(22,23)24)1-3-36-8-10-5-11(7-12(6-10)38(33,34)35)9-37-4-2-14(32,17(25,26)27)18(28,29)30/h5-7,31-32H,1-4,8-9H2,(H,33,34,35). The number of hydrogen-bond donors (Lipinski definition) is 3. The highest BCUT2D eigenvalue weighted by Crippen LogP contribution is 2.46. The fraction of sp³-hybridized carbons (Fsp3) is 0.667. The lowest BCUT2D eigenvalue weighted by Crippen LogP contribution is -2.57. The van der Waals surface area contributed by atoms with Crippen molar-refractivity contribution >= 4 is 10.1 Å². The predicted octanol–water partition coefficient (Wildman–Crippen LogP) is 4.46. The van der Waals surface area contributed by atoms with E-state index in [0.29, 0.717) is 12.1 Å². The first kappa shape index (κ1) is 34.2. The highest BCUT2D eigenvalue weighted by molar-refractivity contribution is 7.85. The van der Waals surface area contributed by atoms with Gasteiger partial charge in [0.25, 0.3) is 21.3 Å². The Morgan fingerprint density at radius 2 is 0.895 bits per heavy atom. The van der Waals surface area contributed by atoms with Crippen molar-refractivity contribution in [1.82, 2.24) is 0 Å². The Bertz CT molecular complexity index is 954. The van der Waals surface area contributed by atoms with Crippen LogP contribution in [0.5, 0.6) is 0 Å². The average Bonchev–Trinajstić information content (AvgIpc) is 2.70. The van der Waals surface area contributed by atoms with Gasteiger partial charge in [0.1, 0.15) is 0 Å². The molecule has 0 bridgehead atoms. The summed E-state index contributed by atoms with van der Waals surface area (Å²) >= 11 is 0. The summed E-state index contributed by atoms with van der Waals surface area (Å²) in [5.41, 5.74) is -11.0. The van der Waals surface area contributed by atoms with E-state index in [2.05, 4.69) is 9.47 Å². The Morgan fingerprint density at radius 1 is 0.605 bits per heavy atom. The number of alkyl halides is 12. The van der Waals surface area contributed by atoms with E-state index >= 15 is 0 Å². The molecule has 0 aliphatic carbocycles. The summed E-state index contributed by atoms with van der Waals surface area (Å²) in [7, 11) is -5.02. The van der Waals surface area contributed by atoms with Crippen molar-refractivity contribution in [2.45, 2.75) is 66.9 Å². The van der Waals surface area contributed by atoms with Crippen molar-refractivity contribution in [3.63, 3.8) is 0 Å². The van der Waals surface area contributed by atoms with E-state index in [-0.39, 0.29) is 11.1 Å². The van der Waals surface area contributed by atoms with Crippen LogP contribution in [0.4, 0.5) is 52.7 Å². The van der Waals surface area contributed by atoms with Crippen molar-refractivity contribution in [3.8, 4) is 0 Å². The first-order valence-corrected chi connectivity index (χ1v) is 11.2. The third kappa shape index (κ3) is 8.07. The smallest absolute Gasteiger partial charge is 0.377 e. The number of halogens is 12. The van der Waals surface area contributed by atoms with Gasteiger partial charge in [-0.05, 0) is 23.3 Å². The number of ether oxygens (including phenoxy) is 2. The van der Waals surface area contributed by atoms with Gasteiger partial charge in [-0.2, -0.15) is 61.1 Å². The molecule has 1 aromatic carbocycles. The molecule has 0 spiro atoms. The van der Waals surface area contributed by atoms with Gasteiger partial charge in [-0.25, -0.2) is 0 Å². The van der Waals surface area contributed by atoms with Crippen LogP contribution in [0, 0.1) is 0 Å². The van der Waals surface area contributed by atoms with Crippen LogP contribution in [-0.2, 0) is 32.8 Å². The number of rotatable bonds is 11.